The van der Waals surface area contributed by atoms with Gasteiger partial charge in [-0.25, -0.2) is 0 Å². The van der Waals surface area contributed by atoms with Crippen LogP contribution in [0.25, 0.3) is 0 Å². The van der Waals surface area contributed by atoms with E-state index in [0.717, 1.165) is 12.0 Å². The number of halogens is 1. The molecule has 0 bridgehead atoms. The van der Waals surface area contributed by atoms with Crippen molar-refractivity contribution in [3.05, 3.63) is 58.4 Å². The average Bonchev–Trinajstić information content (AvgIpc) is 2.47. The van der Waals surface area contributed by atoms with Crippen LogP contribution in [0.1, 0.15) is 28.5 Å². The second-order valence-corrected chi connectivity index (χ2v) is 4.45. The van der Waals surface area contributed by atoms with E-state index in [1.165, 1.54) is 7.11 Å². The maximum Gasteiger partial charge on any atom is 0.211 e. The number of carbonyl (C=O) groups is 1. The molecule has 0 N–H and O–H groups in total. The summed E-state index contributed by atoms with van der Waals surface area (Å²) in [6.45, 7) is 2.00. The summed E-state index contributed by atoms with van der Waals surface area (Å²) in [6, 6.07) is 8.72. The molecule has 3 nitrogen and oxygen atoms in total. The number of aryl methyl sites for hydroxylation is 1. The Balaban J connectivity index is 2.44. The summed E-state index contributed by atoms with van der Waals surface area (Å²) in [5.41, 5.74) is 1.94. The van der Waals surface area contributed by atoms with Crippen LogP contribution in [-0.4, -0.2) is 17.9 Å². The minimum absolute atomic E-state index is 0.118. The molecule has 1 aromatic heterocycles. The highest BCUT2D eigenvalue weighted by Crippen LogP contribution is 2.26. The van der Waals surface area contributed by atoms with E-state index >= 15 is 0 Å². The maximum absolute atomic E-state index is 12.4. The maximum atomic E-state index is 12.4. The average molecular weight is 276 g/mol. The third-order valence-electron chi connectivity index (χ3n) is 2.90. The molecule has 0 amide bonds. The molecule has 19 heavy (non-hydrogen) atoms. The minimum atomic E-state index is -0.118. The largest absolute Gasteiger partial charge is 0.495 e. The number of rotatable bonds is 4. The van der Waals surface area contributed by atoms with Gasteiger partial charge in [0, 0.05) is 11.8 Å². The third kappa shape index (κ3) is 2.76. The fourth-order valence-electron chi connectivity index (χ4n) is 1.87. The van der Waals surface area contributed by atoms with Crippen molar-refractivity contribution in [2.24, 2.45) is 0 Å². The monoisotopic (exact) mass is 275 g/mol. The molecule has 0 unspecified atom stereocenters. The number of methoxy groups -OCH3 is 1. The third-order valence-corrected chi connectivity index (χ3v) is 3.21. The highest BCUT2D eigenvalue weighted by atomic mass is 35.5. The van der Waals surface area contributed by atoms with Crippen molar-refractivity contribution in [2.75, 3.05) is 7.11 Å². The van der Waals surface area contributed by atoms with Crippen LogP contribution < -0.4 is 4.74 Å². The number of hydrogen-bond donors (Lipinski definition) is 0. The molecular formula is C15H14ClNO2. The summed E-state index contributed by atoms with van der Waals surface area (Å²) in [6.07, 6.45) is 2.39. The topological polar surface area (TPSA) is 39.2 Å². The summed E-state index contributed by atoms with van der Waals surface area (Å²) in [5.74, 6) is 0.369. The number of ketones is 1. The van der Waals surface area contributed by atoms with Crippen LogP contribution in [0.3, 0.4) is 0 Å². The van der Waals surface area contributed by atoms with Gasteiger partial charge in [-0.2, -0.15) is 0 Å². The summed E-state index contributed by atoms with van der Waals surface area (Å²) >= 11 is 5.95. The molecule has 0 fully saturated rings. The zero-order valence-corrected chi connectivity index (χ0v) is 11.6. The zero-order chi connectivity index (χ0) is 13.8. The fourth-order valence-corrected chi connectivity index (χ4v) is 2.06. The molecule has 0 saturated carbocycles. The molecule has 1 heterocycles. The first kappa shape index (κ1) is 13.6. The minimum Gasteiger partial charge on any atom is -0.495 e. The second kappa shape index (κ2) is 5.85. The number of aromatic nitrogens is 1. The number of nitrogens with zero attached hydrogens (tertiary/aromatic N) is 1. The van der Waals surface area contributed by atoms with Gasteiger partial charge < -0.3 is 4.74 Å². The molecule has 98 valence electrons. The van der Waals surface area contributed by atoms with E-state index in [1.807, 2.05) is 19.1 Å². The van der Waals surface area contributed by atoms with E-state index in [2.05, 4.69) is 4.98 Å². The Morgan fingerprint density at radius 1 is 1.37 bits per heavy atom. The van der Waals surface area contributed by atoms with Gasteiger partial charge in [-0.1, -0.05) is 24.6 Å². The van der Waals surface area contributed by atoms with Gasteiger partial charge >= 0.3 is 0 Å². The van der Waals surface area contributed by atoms with Crippen LogP contribution in [0.4, 0.5) is 0 Å². The first-order chi connectivity index (χ1) is 9.17. The van der Waals surface area contributed by atoms with Crippen molar-refractivity contribution in [1.29, 1.82) is 0 Å². The smallest absolute Gasteiger partial charge is 0.211 e. The number of pyridine rings is 1. The van der Waals surface area contributed by atoms with Crippen molar-refractivity contribution in [3.63, 3.8) is 0 Å². The Hall–Kier alpha value is -1.87. The molecule has 2 aromatic rings. The van der Waals surface area contributed by atoms with Crippen molar-refractivity contribution in [2.45, 2.75) is 13.3 Å². The SMILES string of the molecule is CCc1cccnc1C(=O)c1ccc(Cl)c(OC)c1. The first-order valence-electron chi connectivity index (χ1n) is 5.99. The highest BCUT2D eigenvalue weighted by Gasteiger charge is 2.15. The predicted molar refractivity (Wildman–Crippen MR) is 75.1 cm³/mol. The lowest BCUT2D eigenvalue weighted by Gasteiger charge is -2.08. The van der Waals surface area contributed by atoms with Crippen molar-refractivity contribution in [1.82, 2.24) is 4.98 Å². The molecule has 0 saturated heterocycles. The van der Waals surface area contributed by atoms with Gasteiger partial charge in [0.1, 0.15) is 11.4 Å². The summed E-state index contributed by atoms with van der Waals surface area (Å²) in [7, 11) is 1.52. The van der Waals surface area contributed by atoms with Gasteiger partial charge in [-0.05, 0) is 36.2 Å². The fraction of sp³-hybridized carbons (Fsp3) is 0.200. The van der Waals surface area contributed by atoms with Crippen LogP contribution in [0.2, 0.25) is 5.02 Å². The molecule has 0 spiro atoms. The lowest BCUT2D eigenvalue weighted by atomic mass is 10.0. The Morgan fingerprint density at radius 2 is 2.16 bits per heavy atom. The molecule has 0 aliphatic carbocycles. The molecule has 4 heteroatoms. The Morgan fingerprint density at radius 3 is 2.84 bits per heavy atom. The Kier molecular flexibility index (Phi) is 4.17. The van der Waals surface area contributed by atoms with Crippen molar-refractivity contribution in [3.8, 4) is 5.75 Å². The standard InChI is InChI=1S/C15H14ClNO2/c1-3-10-5-4-8-17-14(10)15(18)11-6-7-12(16)13(9-11)19-2/h4-9H,3H2,1-2H3. The molecule has 0 aliphatic heterocycles. The van der Waals surface area contributed by atoms with Gasteiger partial charge in [0.2, 0.25) is 5.78 Å². The van der Waals surface area contributed by atoms with Gasteiger partial charge in [0.05, 0.1) is 12.1 Å². The molecular weight excluding hydrogens is 262 g/mol. The van der Waals surface area contributed by atoms with E-state index in [9.17, 15) is 4.79 Å². The summed E-state index contributed by atoms with van der Waals surface area (Å²) < 4.78 is 5.12. The summed E-state index contributed by atoms with van der Waals surface area (Å²) in [4.78, 5) is 16.6. The Bertz CT molecular complexity index is 611. The van der Waals surface area contributed by atoms with E-state index < -0.39 is 0 Å². The molecule has 0 atom stereocenters. The van der Waals surface area contributed by atoms with Gasteiger partial charge in [0.25, 0.3) is 0 Å². The highest BCUT2D eigenvalue weighted by molar-refractivity contribution is 6.32. The van der Waals surface area contributed by atoms with Gasteiger partial charge in [-0.3, -0.25) is 9.78 Å². The molecule has 0 radical (unpaired) electrons. The number of hydrogen-bond acceptors (Lipinski definition) is 3. The number of ether oxygens (including phenoxy) is 1. The van der Waals surface area contributed by atoms with E-state index in [0.29, 0.717) is 22.0 Å². The first-order valence-corrected chi connectivity index (χ1v) is 6.37. The number of carbonyl (C=O) groups excluding carboxylic acids is 1. The lowest BCUT2D eigenvalue weighted by molar-refractivity contribution is 0.103. The van der Waals surface area contributed by atoms with Crippen LogP contribution >= 0.6 is 11.6 Å². The molecule has 1 aromatic carbocycles. The quantitative estimate of drug-likeness (QED) is 0.801. The van der Waals surface area contributed by atoms with Crippen LogP contribution in [0, 0.1) is 0 Å². The Labute approximate surface area is 117 Å². The molecule has 0 aliphatic rings. The van der Waals surface area contributed by atoms with Crippen LogP contribution in [-0.2, 0) is 6.42 Å². The summed E-state index contributed by atoms with van der Waals surface area (Å²) in [5, 5.41) is 0.482. The normalized spacial score (nSPS) is 10.3. The zero-order valence-electron chi connectivity index (χ0n) is 10.8. The van der Waals surface area contributed by atoms with Crippen molar-refractivity contribution < 1.29 is 9.53 Å². The van der Waals surface area contributed by atoms with E-state index in [-0.39, 0.29) is 5.78 Å². The predicted octanol–water partition coefficient (Wildman–Crippen LogP) is 3.54. The van der Waals surface area contributed by atoms with Gasteiger partial charge in [0.15, 0.2) is 0 Å². The van der Waals surface area contributed by atoms with Gasteiger partial charge in [-0.15, -0.1) is 0 Å². The number of benzene rings is 1. The second-order valence-electron chi connectivity index (χ2n) is 4.04. The molecule has 2 rings (SSSR count). The lowest BCUT2D eigenvalue weighted by Crippen LogP contribution is -2.08. The van der Waals surface area contributed by atoms with E-state index in [4.69, 9.17) is 16.3 Å². The van der Waals surface area contributed by atoms with Crippen molar-refractivity contribution >= 4 is 17.4 Å². The van der Waals surface area contributed by atoms with Crippen LogP contribution in [0.5, 0.6) is 5.75 Å². The van der Waals surface area contributed by atoms with E-state index in [1.54, 1.807) is 24.4 Å². The van der Waals surface area contributed by atoms with Crippen LogP contribution in [0.15, 0.2) is 36.5 Å².